The maximum atomic E-state index is 13.3. The topological polar surface area (TPSA) is 129 Å². The van der Waals surface area contributed by atoms with Gasteiger partial charge in [-0.05, 0) is 24.7 Å². The molecule has 2 N–H and O–H groups in total. The number of aliphatic hydroxyl groups is 2. The average Bonchev–Trinajstić information content (AvgIpc) is 3.31. The molecule has 0 radical (unpaired) electrons. The summed E-state index contributed by atoms with van der Waals surface area (Å²) in [7, 11) is 0. The molecule has 4 saturated heterocycles. The number of ether oxygens (including phenoxy) is 4. The van der Waals surface area contributed by atoms with Crippen LogP contribution in [0.15, 0.2) is 0 Å². The fraction of sp³-hybridized carbons (Fsp3) is 0.850. The van der Waals surface area contributed by atoms with Crippen molar-refractivity contribution in [2.75, 3.05) is 0 Å². The summed E-state index contributed by atoms with van der Waals surface area (Å²) in [5, 5.41) is 23.0. The van der Waals surface area contributed by atoms with Crippen LogP contribution in [0.25, 0.3) is 0 Å². The molecule has 0 unspecified atom stereocenters. The second-order valence-corrected chi connectivity index (χ2v) is 10.6. The van der Waals surface area contributed by atoms with Crippen LogP contribution < -0.4 is 0 Å². The molecule has 6 aliphatic rings. The second-order valence-electron chi connectivity index (χ2n) is 10.6. The molecule has 0 bridgehead atoms. The Kier molecular flexibility index (Phi) is 2.79. The molecule has 0 aromatic rings. The van der Waals surface area contributed by atoms with E-state index in [-0.39, 0.29) is 17.8 Å². The Hall–Kier alpha value is -1.71. The minimum absolute atomic E-state index is 0.0623. The number of fused-ring (bicyclic) bond motifs is 1. The Bertz CT molecular complexity index is 893. The molecule has 158 valence electrons. The van der Waals surface area contributed by atoms with Gasteiger partial charge in [0.05, 0.1) is 16.7 Å². The lowest BCUT2D eigenvalue weighted by Gasteiger charge is -2.46. The summed E-state index contributed by atoms with van der Waals surface area (Å²) in [6.07, 6.45) is -3.96. The molecule has 0 aromatic carbocycles. The molecule has 2 aliphatic carbocycles. The predicted octanol–water partition coefficient (Wildman–Crippen LogP) is -0.340. The molecule has 29 heavy (non-hydrogen) atoms. The van der Waals surface area contributed by atoms with E-state index in [1.165, 1.54) is 6.92 Å². The van der Waals surface area contributed by atoms with Crippen LogP contribution in [0, 0.1) is 28.1 Å². The molecular weight excluding hydrogens is 384 g/mol. The summed E-state index contributed by atoms with van der Waals surface area (Å²) in [6.45, 7) is 7.47. The molecule has 9 heteroatoms. The average molecular weight is 408 g/mol. The number of hydrogen-bond donors (Lipinski definition) is 2. The predicted molar refractivity (Wildman–Crippen MR) is 90.6 cm³/mol. The molecule has 6 rings (SSSR count). The minimum Gasteiger partial charge on any atom is -0.459 e. The largest absolute Gasteiger partial charge is 0.459 e. The first kappa shape index (κ1) is 18.1. The number of esters is 3. The molecule has 6 fully saturated rings. The Morgan fingerprint density at radius 3 is 2.38 bits per heavy atom. The van der Waals surface area contributed by atoms with Gasteiger partial charge in [-0.3, -0.25) is 4.79 Å². The minimum atomic E-state index is -1.97. The number of hydrogen-bond acceptors (Lipinski definition) is 9. The zero-order chi connectivity index (χ0) is 20.9. The highest BCUT2D eigenvalue weighted by Gasteiger charge is 3.01. The Morgan fingerprint density at radius 1 is 1.03 bits per heavy atom. The van der Waals surface area contributed by atoms with Gasteiger partial charge in [0.1, 0.15) is 12.2 Å². The van der Waals surface area contributed by atoms with Gasteiger partial charge >= 0.3 is 17.9 Å². The van der Waals surface area contributed by atoms with Crippen LogP contribution in [0.5, 0.6) is 0 Å². The fourth-order valence-electron chi connectivity index (χ4n) is 8.06. The van der Waals surface area contributed by atoms with Crippen molar-refractivity contribution in [1.29, 1.82) is 0 Å². The van der Waals surface area contributed by atoms with Gasteiger partial charge in [0, 0.05) is 6.42 Å². The van der Waals surface area contributed by atoms with Crippen molar-refractivity contribution in [3.63, 3.8) is 0 Å². The molecule has 10 atom stereocenters. The maximum absolute atomic E-state index is 13.3. The molecular formula is C20H24O9. The van der Waals surface area contributed by atoms with Crippen LogP contribution in [0.3, 0.4) is 0 Å². The van der Waals surface area contributed by atoms with Crippen LogP contribution in [0.2, 0.25) is 0 Å². The third-order valence-electron chi connectivity index (χ3n) is 8.97. The van der Waals surface area contributed by atoms with E-state index in [4.69, 9.17) is 18.9 Å². The van der Waals surface area contributed by atoms with Crippen molar-refractivity contribution in [3.05, 3.63) is 0 Å². The molecule has 2 spiro atoms. The first-order chi connectivity index (χ1) is 13.4. The van der Waals surface area contributed by atoms with Crippen molar-refractivity contribution in [1.82, 2.24) is 0 Å². The fourth-order valence-corrected chi connectivity index (χ4v) is 8.06. The summed E-state index contributed by atoms with van der Waals surface area (Å²) in [5.74, 6) is -3.52. The lowest BCUT2D eigenvalue weighted by molar-refractivity contribution is -0.238. The van der Waals surface area contributed by atoms with Crippen molar-refractivity contribution in [2.24, 2.45) is 28.1 Å². The first-order valence-corrected chi connectivity index (χ1v) is 10.1. The van der Waals surface area contributed by atoms with E-state index in [1.54, 1.807) is 0 Å². The molecule has 0 amide bonds. The van der Waals surface area contributed by atoms with E-state index in [0.717, 1.165) is 0 Å². The highest BCUT2D eigenvalue weighted by atomic mass is 16.8. The lowest BCUT2D eigenvalue weighted by Crippen LogP contribution is -2.66. The molecule has 0 aromatic heterocycles. The maximum Gasteiger partial charge on any atom is 0.342 e. The third kappa shape index (κ3) is 1.35. The smallest absolute Gasteiger partial charge is 0.342 e. The van der Waals surface area contributed by atoms with Crippen molar-refractivity contribution in [3.8, 4) is 0 Å². The summed E-state index contributed by atoms with van der Waals surface area (Å²) < 4.78 is 22.9. The van der Waals surface area contributed by atoms with Gasteiger partial charge in [-0.25, -0.2) is 9.59 Å². The molecule has 4 aliphatic heterocycles. The first-order valence-electron chi connectivity index (χ1n) is 10.1. The number of carbonyl (C=O) groups excluding carboxylic acids is 3. The van der Waals surface area contributed by atoms with Crippen LogP contribution in [0.1, 0.15) is 40.5 Å². The van der Waals surface area contributed by atoms with Gasteiger partial charge in [-0.1, -0.05) is 20.8 Å². The Labute approximate surface area is 166 Å². The van der Waals surface area contributed by atoms with E-state index in [1.807, 2.05) is 20.8 Å². The van der Waals surface area contributed by atoms with Crippen LogP contribution in [-0.4, -0.2) is 63.9 Å². The quantitative estimate of drug-likeness (QED) is 0.408. The molecule has 4 heterocycles. The molecule has 2 saturated carbocycles. The highest BCUT2D eigenvalue weighted by molar-refractivity contribution is 5.93. The standard InChI is InChI=1S/C20H24O9/c1-7-12(22)26-10-6-17-9-5-8(16(2,3)4)18(17)11(21)13(23)28-15(18)29-20(17,14(24)27-9)19(7,10)25/h7-11,15,21,25H,5-6H2,1-4H3/t7-,8+,9-,10+,11+,15+,17-,18+,19-,20-/m0/s1. The van der Waals surface area contributed by atoms with E-state index in [0.29, 0.717) is 6.42 Å². The van der Waals surface area contributed by atoms with Gasteiger partial charge in [-0.15, -0.1) is 0 Å². The summed E-state index contributed by atoms with van der Waals surface area (Å²) in [4.78, 5) is 38.1. The number of carbonyl (C=O) groups is 3. The van der Waals surface area contributed by atoms with Crippen LogP contribution >= 0.6 is 0 Å². The molecule has 9 nitrogen and oxygen atoms in total. The van der Waals surface area contributed by atoms with Gasteiger partial charge in [-0.2, -0.15) is 0 Å². The number of aliphatic hydroxyl groups excluding tert-OH is 1. The lowest BCUT2D eigenvalue weighted by atomic mass is 9.51. The SMILES string of the molecule is C[C@H]1C(=O)O[C@@H]2C[C@]34[C@@H]5C[C@H](C(C)(C)C)[C@@]36[C@H](OC(=O)[C@H]6O)O[C@]4(C(=O)O5)[C@@]21O. The number of rotatable bonds is 0. The normalized spacial score (nSPS) is 59.2. The third-order valence-corrected chi connectivity index (χ3v) is 8.97. The zero-order valence-electron chi connectivity index (χ0n) is 16.6. The highest BCUT2D eigenvalue weighted by Crippen LogP contribution is 2.84. The van der Waals surface area contributed by atoms with E-state index in [9.17, 15) is 24.6 Å². The van der Waals surface area contributed by atoms with E-state index < -0.39 is 70.5 Å². The summed E-state index contributed by atoms with van der Waals surface area (Å²) >= 11 is 0. The monoisotopic (exact) mass is 408 g/mol. The van der Waals surface area contributed by atoms with Crippen molar-refractivity contribution < 1.29 is 43.5 Å². The van der Waals surface area contributed by atoms with Crippen LogP contribution in [0.4, 0.5) is 0 Å². The van der Waals surface area contributed by atoms with Gasteiger partial charge in [0.2, 0.25) is 11.9 Å². The summed E-state index contributed by atoms with van der Waals surface area (Å²) in [5.41, 5.74) is -6.81. The zero-order valence-corrected chi connectivity index (χ0v) is 16.6. The van der Waals surface area contributed by atoms with E-state index >= 15 is 0 Å². The van der Waals surface area contributed by atoms with Gasteiger partial charge in [0.25, 0.3) is 0 Å². The van der Waals surface area contributed by atoms with Crippen molar-refractivity contribution in [2.45, 2.75) is 76.3 Å². The second kappa shape index (κ2) is 4.48. The van der Waals surface area contributed by atoms with Crippen LogP contribution in [-0.2, 0) is 33.3 Å². The van der Waals surface area contributed by atoms with Gasteiger partial charge in [0.15, 0.2) is 11.7 Å². The Morgan fingerprint density at radius 2 is 1.72 bits per heavy atom. The van der Waals surface area contributed by atoms with Gasteiger partial charge < -0.3 is 29.2 Å². The summed E-state index contributed by atoms with van der Waals surface area (Å²) in [6, 6.07) is 0. The van der Waals surface area contributed by atoms with Crippen molar-refractivity contribution >= 4 is 17.9 Å². The Balaban J connectivity index is 1.68. The van der Waals surface area contributed by atoms with E-state index in [2.05, 4.69) is 0 Å².